The van der Waals surface area contributed by atoms with Crippen molar-refractivity contribution in [1.82, 2.24) is 4.90 Å². The fraction of sp³-hybridized carbons (Fsp3) is 0.267. The van der Waals surface area contributed by atoms with Crippen molar-refractivity contribution in [3.05, 3.63) is 39.0 Å². The maximum absolute atomic E-state index is 13.7. The summed E-state index contributed by atoms with van der Waals surface area (Å²) in [5.41, 5.74) is 0.176. The molecule has 8 heteroatoms. The Kier molecular flexibility index (Phi) is 5.59. The fourth-order valence-electron chi connectivity index (χ4n) is 1.83. The summed E-state index contributed by atoms with van der Waals surface area (Å²) in [6, 6.07) is 4.27. The molecule has 5 nitrogen and oxygen atoms in total. The van der Waals surface area contributed by atoms with Crippen LogP contribution in [-0.4, -0.2) is 34.7 Å². The average molecular weight is 402 g/mol. The number of imide groups is 1. The third-order valence-electron chi connectivity index (χ3n) is 2.77. The van der Waals surface area contributed by atoms with Crippen LogP contribution in [0.15, 0.2) is 27.6 Å². The number of rotatable bonds is 4. The van der Waals surface area contributed by atoms with Gasteiger partial charge in [0.25, 0.3) is 11.1 Å². The van der Waals surface area contributed by atoms with Crippen molar-refractivity contribution in [2.24, 2.45) is 0 Å². The van der Waals surface area contributed by atoms with Crippen LogP contribution in [0.2, 0.25) is 0 Å². The van der Waals surface area contributed by atoms with Gasteiger partial charge in [0.1, 0.15) is 12.4 Å². The van der Waals surface area contributed by atoms with Crippen molar-refractivity contribution in [2.45, 2.75) is 20.0 Å². The van der Waals surface area contributed by atoms with E-state index in [1.54, 1.807) is 13.8 Å². The van der Waals surface area contributed by atoms with Crippen molar-refractivity contribution < 1.29 is 23.5 Å². The summed E-state index contributed by atoms with van der Waals surface area (Å²) in [6.45, 7) is 2.88. The second-order valence-electron chi connectivity index (χ2n) is 4.97. The predicted octanol–water partition coefficient (Wildman–Crippen LogP) is 3.58. The quantitative estimate of drug-likeness (QED) is 0.569. The molecule has 0 aromatic heterocycles. The van der Waals surface area contributed by atoms with Gasteiger partial charge in [0, 0.05) is 10.0 Å². The van der Waals surface area contributed by atoms with E-state index in [1.807, 2.05) is 0 Å². The highest BCUT2D eigenvalue weighted by Gasteiger charge is 2.36. The topological polar surface area (TPSA) is 63.7 Å². The van der Waals surface area contributed by atoms with E-state index in [0.717, 1.165) is 4.90 Å². The van der Waals surface area contributed by atoms with E-state index in [-0.39, 0.29) is 16.6 Å². The van der Waals surface area contributed by atoms with Gasteiger partial charge < -0.3 is 4.74 Å². The molecule has 0 atom stereocenters. The van der Waals surface area contributed by atoms with Crippen molar-refractivity contribution in [2.75, 3.05) is 6.54 Å². The van der Waals surface area contributed by atoms with Crippen LogP contribution in [0.5, 0.6) is 0 Å². The van der Waals surface area contributed by atoms with E-state index in [4.69, 9.17) is 4.74 Å². The Labute approximate surface area is 145 Å². The van der Waals surface area contributed by atoms with Gasteiger partial charge in [0.05, 0.1) is 11.0 Å². The van der Waals surface area contributed by atoms with Crippen LogP contribution in [0.4, 0.5) is 9.18 Å². The molecular weight excluding hydrogens is 389 g/mol. The summed E-state index contributed by atoms with van der Waals surface area (Å²) in [6.07, 6.45) is 0.951. The Morgan fingerprint density at radius 1 is 1.43 bits per heavy atom. The van der Waals surface area contributed by atoms with Gasteiger partial charge >= 0.3 is 5.97 Å². The number of hydrogen-bond donors (Lipinski definition) is 0. The van der Waals surface area contributed by atoms with Gasteiger partial charge in [0.2, 0.25) is 0 Å². The molecule has 0 spiro atoms. The van der Waals surface area contributed by atoms with Crippen LogP contribution in [-0.2, 0) is 14.3 Å². The number of esters is 1. The number of amides is 2. The van der Waals surface area contributed by atoms with Crippen LogP contribution < -0.4 is 0 Å². The van der Waals surface area contributed by atoms with Crippen LogP contribution in [0.1, 0.15) is 19.4 Å². The first-order valence-electron chi connectivity index (χ1n) is 6.68. The Morgan fingerprint density at radius 2 is 2.13 bits per heavy atom. The van der Waals surface area contributed by atoms with E-state index in [1.165, 1.54) is 24.3 Å². The van der Waals surface area contributed by atoms with Gasteiger partial charge in [-0.1, -0.05) is 15.9 Å². The maximum Gasteiger partial charge on any atom is 0.326 e. The molecule has 1 fully saturated rings. The summed E-state index contributed by atoms with van der Waals surface area (Å²) in [4.78, 5) is 36.5. The Hall–Kier alpha value is -1.67. The standard InChI is InChI=1S/C15H13BrFNO4S/c1-8(2)22-13(19)7-18-14(20)12(23-15(18)21)6-9-5-10(16)3-4-11(9)17/h3-6,8H,7H2,1-2H3/b12-6-. The van der Waals surface area contributed by atoms with Gasteiger partial charge in [-0.25, -0.2) is 4.39 Å². The van der Waals surface area contributed by atoms with Gasteiger partial charge in [-0.3, -0.25) is 19.3 Å². The van der Waals surface area contributed by atoms with E-state index in [0.29, 0.717) is 16.2 Å². The summed E-state index contributed by atoms with van der Waals surface area (Å²) >= 11 is 3.87. The molecule has 1 aromatic rings. The number of thioether (sulfide) groups is 1. The molecule has 23 heavy (non-hydrogen) atoms. The van der Waals surface area contributed by atoms with E-state index in [9.17, 15) is 18.8 Å². The van der Waals surface area contributed by atoms with E-state index in [2.05, 4.69) is 15.9 Å². The minimum atomic E-state index is -0.669. The zero-order chi connectivity index (χ0) is 17.1. The van der Waals surface area contributed by atoms with Gasteiger partial charge in [-0.05, 0) is 49.9 Å². The van der Waals surface area contributed by atoms with Crippen molar-refractivity contribution in [3.63, 3.8) is 0 Å². The van der Waals surface area contributed by atoms with Crippen molar-refractivity contribution in [1.29, 1.82) is 0 Å². The number of halogens is 2. The van der Waals surface area contributed by atoms with E-state index >= 15 is 0 Å². The predicted molar refractivity (Wildman–Crippen MR) is 88.0 cm³/mol. The number of carbonyl (C=O) groups excluding carboxylic acids is 3. The van der Waals surface area contributed by atoms with E-state index < -0.39 is 29.5 Å². The fourth-order valence-corrected chi connectivity index (χ4v) is 3.04. The highest BCUT2D eigenvalue weighted by molar-refractivity contribution is 9.10. The lowest BCUT2D eigenvalue weighted by atomic mass is 10.2. The molecule has 122 valence electrons. The number of hydrogen-bond acceptors (Lipinski definition) is 5. The van der Waals surface area contributed by atoms with Gasteiger partial charge in [0.15, 0.2) is 0 Å². The Morgan fingerprint density at radius 3 is 2.78 bits per heavy atom. The Balaban J connectivity index is 2.19. The second-order valence-corrected chi connectivity index (χ2v) is 6.88. The minimum Gasteiger partial charge on any atom is -0.462 e. The molecule has 1 aliphatic heterocycles. The molecule has 0 unspecified atom stereocenters. The molecule has 0 radical (unpaired) electrons. The molecule has 2 rings (SSSR count). The zero-order valence-electron chi connectivity index (χ0n) is 12.3. The molecule has 0 N–H and O–H groups in total. The lowest BCUT2D eigenvalue weighted by Gasteiger charge is -2.13. The molecular formula is C15H13BrFNO4S. The zero-order valence-corrected chi connectivity index (χ0v) is 14.7. The van der Waals surface area contributed by atoms with Crippen molar-refractivity contribution >= 4 is 50.9 Å². The largest absolute Gasteiger partial charge is 0.462 e. The number of benzene rings is 1. The van der Waals surface area contributed by atoms with Crippen LogP contribution in [0.3, 0.4) is 0 Å². The first-order valence-corrected chi connectivity index (χ1v) is 8.28. The summed E-state index contributed by atoms with van der Waals surface area (Å²) < 4.78 is 19.3. The smallest absolute Gasteiger partial charge is 0.326 e. The summed E-state index contributed by atoms with van der Waals surface area (Å²) in [5, 5.41) is -0.586. The van der Waals surface area contributed by atoms with Gasteiger partial charge in [-0.15, -0.1) is 0 Å². The maximum atomic E-state index is 13.7. The molecule has 1 saturated heterocycles. The number of nitrogens with zero attached hydrogens (tertiary/aromatic N) is 1. The van der Waals surface area contributed by atoms with Gasteiger partial charge in [-0.2, -0.15) is 0 Å². The highest BCUT2D eigenvalue weighted by Crippen LogP contribution is 2.33. The molecule has 0 aliphatic carbocycles. The highest BCUT2D eigenvalue weighted by atomic mass is 79.9. The molecule has 1 heterocycles. The minimum absolute atomic E-state index is 0.0596. The van der Waals surface area contributed by atoms with Crippen LogP contribution in [0, 0.1) is 5.82 Å². The Bertz CT molecular complexity index is 705. The first-order chi connectivity index (χ1) is 10.8. The molecule has 0 bridgehead atoms. The molecule has 1 aliphatic rings. The lowest BCUT2D eigenvalue weighted by molar-refractivity contribution is -0.149. The summed E-state index contributed by atoms with van der Waals surface area (Å²) in [5.74, 6) is -1.82. The third kappa shape index (κ3) is 4.42. The molecule has 0 saturated carbocycles. The third-order valence-corrected chi connectivity index (χ3v) is 4.17. The summed E-state index contributed by atoms with van der Waals surface area (Å²) in [7, 11) is 0. The second kappa shape index (κ2) is 7.27. The number of ether oxygens (including phenoxy) is 1. The lowest BCUT2D eigenvalue weighted by Crippen LogP contribution is -2.35. The monoisotopic (exact) mass is 401 g/mol. The average Bonchev–Trinajstić information content (AvgIpc) is 2.70. The SMILES string of the molecule is CC(C)OC(=O)CN1C(=O)S/C(=C\c2cc(Br)ccc2F)C1=O. The molecule has 2 amide bonds. The van der Waals surface area contributed by atoms with Crippen LogP contribution in [0.25, 0.3) is 6.08 Å². The number of carbonyl (C=O) groups is 3. The molecule has 1 aromatic carbocycles. The van der Waals surface area contributed by atoms with Crippen molar-refractivity contribution in [3.8, 4) is 0 Å². The van der Waals surface area contributed by atoms with Crippen LogP contribution >= 0.6 is 27.7 Å². The first kappa shape index (κ1) is 17.7. The normalized spacial score (nSPS) is 16.6.